The highest BCUT2D eigenvalue weighted by molar-refractivity contribution is 5.80. The zero-order valence-corrected chi connectivity index (χ0v) is 8.07. The van der Waals surface area contributed by atoms with Crippen LogP contribution >= 0.6 is 0 Å². The van der Waals surface area contributed by atoms with Crippen LogP contribution in [0, 0.1) is 5.41 Å². The van der Waals surface area contributed by atoms with Crippen molar-refractivity contribution < 1.29 is 0 Å². The second kappa shape index (κ2) is 9.15. The Morgan fingerprint density at radius 1 is 1.45 bits per heavy atom. The van der Waals surface area contributed by atoms with Crippen molar-refractivity contribution >= 4 is 6.21 Å². The van der Waals surface area contributed by atoms with Gasteiger partial charge in [0.1, 0.15) is 0 Å². The van der Waals surface area contributed by atoms with E-state index in [1.807, 2.05) is 20.8 Å². The Bertz CT molecular complexity index is 133. The van der Waals surface area contributed by atoms with Crippen molar-refractivity contribution in [3.63, 3.8) is 0 Å². The summed E-state index contributed by atoms with van der Waals surface area (Å²) in [5.74, 6) is 0. The lowest BCUT2D eigenvalue weighted by Crippen LogP contribution is -1.83. The van der Waals surface area contributed by atoms with Crippen molar-refractivity contribution in [1.82, 2.24) is 0 Å². The standard InChI is InChI=1S/C8H13N.C2H6/c1-4-7(3)8(5-2)6-9;1-2/h5-6,9H,2,4H2,1,3H3;1-2H3/b8-7+,9-6?;. The van der Waals surface area contributed by atoms with E-state index in [1.54, 1.807) is 6.08 Å². The predicted molar refractivity (Wildman–Crippen MR) is 53.3 cm³/mol. The molecule has 0 heterocycles. The Balaban J connectivity index is 0. The number of hydrogen-bond acceptors (Lipinski definition) is 1. The van der Waals surface area contributed by atoms with Gasteiger partial charge in [-0.3, -0.25) is 0 Å². The molecule has 0 saturated heterocycles. The van der Waals surface area contributed by atoms with Crippen LogP contribution in [0.5, 0.6) is 0 Å². The summed E-state index contributed by atoms with van der Waals surface area (Å²) in [6.07, 6.45) is 4.05. The third-order valence-electron chi connectivity index (χ3n) is 1.40. The molecule has 1 nitrogen and oxygen atoms in total. The Morgan fingerprint density at radius 2 is 1.91 bits per heavy atom. The minimum absolute atomic E-state index is 0.942. The number of nitrogens with one attached hydrogen (secondary N) is 1. The fourth-order valence-electron chi connectivity index (χ4n) is 0.560. The lowest BCUT2D eigenvalue weighted by molar-refractivity contribution is 1.09. The minimum Gasteiger partial charge on any atom is -0.308 e. The average Bonchev–Trinajstić information content (AvgIpc) is 2.10. The van der Waals surface area contributed by atoms with Crippen molar-refractivity contribution in [3.05, 3.63) is 23.8 Å². The molecule has 0 atom stereocenters. The van der Waals surface area contributed by atoms with E-state index in [2.05, 4.69) is 13.5 Å². The Labute approximate surface area is 70.3 Å². The molecule has 1 heteroatoms. The minimum atomic E-state index is 0.942. The van der Waals surface area contributed by atoms with Gasteiger partial charge in [0, 0.05) is 6.21 Å². The number of allylic oxidation sites excluding steroid dienone is 3. The molecule has 0 bridgehead atoms. The SMILES string of the molecule is C=C/C(C=N)=C(/C)CC.CC. The highest BCUT2D eigenvalue weighted by Gasteiger charge is 1.89. The van der Waals surface area contributed by atoms with Crippen molar-refractivity contribution in [2.45, 2.75) is 34.1 Å². The molecular weight excluding hydrogens is 134 g/mol. The Morgan fingerprint density at radius 3 is 2.00 bits per heavy atom. The second-order valence-corrected chi connectivity index (χ2v) is 1.94. The molecule has 0 aromatic rings. The largest absolute Gasteiger partial charge is 0.308 e. The first kappa shape index (κ1) is 12.8. The molecule has 0 fully saturated rings. The normalized spacial score (nSPS) is 10.5. The Kier molecular flexibility index (Phi) is 10.6. The zero-order chi connectivity index (χ0) is 9.28. The predicted octanol–water partition coefficient (Wildman–Crippen LogP) is 3.57. The monoisotopic (exact) mass is 153 g/mol. The summed E-state index contributed by atoms with van der Waals surface area (Å²) >= 11 is 0. The number of hydrogen-bond donors (Lipinski definition) is 1. The zero-order valence-electron chi connectivity index (χ0n) is 8.07. The van der Waals surface area contributed by atoms with Crippen LogP contribution in [-0.2, 0) is 0 Å². The highest BCUT2D eigenvalue weighted by Crippen LogP contribution is 2.05. The fourth-order valence-corrected chi connectivity index (χ4v) is 0.560. The molecule has 0 aliphatic rings. The molecule has 0 spiro atoms. The van der Waals surface area contributed by atoms with Crippen LogP contribution in [0.15, 0.2) is 23.8 Å². The van der Waals surface area contributed by atoms with Crippen LogP contribution < -0.4 is 0 Å². The third kappa shape index (κ3) is 5.59. The topological polar surface area (TPSA) is 23.9 Å². The molecular formula is C10H19N. The molecule has 64 valence electrons. The molecule has 0 aliphatic heterocycles. The van der Waals surface area contributed by atoms with Crippen molar-refractivity contribution in [1.29, 1.82) is 5.41 Å². The maximum atomic E-state index is 6.94. The second-order valence-electron chi connectivity index (χ2n) is 1.94. The first-order chi connectivity index (χ1) is 5.26. The van der Waals surface area contributed by atoms with Gasteiger partial charge in [-0.1, -0.05) is 39.0 Å². The lowest BCUT2D eigenvalue weighted by atomic mass is 10.1. The van der Waals surface area contributed by atoms with Crippen LogP contribution in [0.4, 0.5) is 0 Å². The quantitative estimate of drug-likeness (QED) is 0.473. The summed E-state index contributed by atoms with van der Waals surface area (Å²) in [6.45, 7) is 11.7. The van der Waals surface area contributed by atoms with Gasteiger partial charge in [-0.2, -0.15) is 0 Å². The van der Waals surface area contributed by atoms with E-state index < -0.39 is 0 Å². The van der Waals surface area contributed by atoms with Gasteiger partial charge in [0.05, 0.1) is 0 Å². The molecule has 0 saturated carbocycles. The molecule has 0 amide bonds. The molecule has 1 N–H and O–H groups in total. The summed E-state index contributed by atoms with van der Waals surface area (Å²) < 4.78 is 0. The Hall–Kier alpha value is -0.850. The van der Waals surface area contributed by atoms with Crippen LogP contribution in [0.25, 0.3) is 0 Å². The molecule has 0 unspecified atom stereocenters. The van der Waals surface area contributed by atoms with E-state index in [1.165, 1.54) is 11.8 Å². The van der Waals surface area contributed by atoms with E-state index >= 15 is 0 Å². The van der Waals surface area contributed by atoms with E-state index in [0.29, 0.717) is 0 Å². The third-order valence-corrected chi connectivity index (χ3v) is 1.40. The van der Waals surface area contributed by atoms with Gasteiger partial charge in [0.15, 0.2) is 0 Å². The van der Waals surface area contributed by atoms with Gasteiger partial charge < -0.3 is 5.41 Å². The smallest absolute Gasteiger partial charge is 0.0249 e. The van der Waals surface area contributed by atoms with Gasteiger partial charge in [-0.05, 0) is 18.9 Å². The van der Waals surface area contributed by atoms with Crippen molar-refractivity contribution in [3.8, 4) is 0 Å². The molecule has 0 aromatic heterocycles. The highest BCUT2D eigenvalue weighted by atomic mass is 14.3. The van der Waals surface area contributed by atoms with Gasteiger partial charge in [0.2, 0.25) is 0 Å². The van der Waals surface area contributed by atoms with E-state index in [9.17, 15) is 0 Å². The van der Waals surface area contributed by atoms with Crippen LogP contribution in [0.3, 0.4) is 0 Å². The van der Waals surface area contributed by atoms with Gasteiger partial charge in [-0.25, -0.2) is 0 Å². The van der Waals surface area contributed by atoms with Gasteiger partial charge >= 0.3 is 0 Å². The summed E-state index contributed by atoms with van der Waals surface area (Å²) in [4.78, 5) is 0. The number of rotatable bonds is 3. The molecule has 0 aliphatic carbocycles. The maximum absolute atomic E-state index is 6.94. The molecule has 0 rings (SSSR count). The summed E-state index contributed by atoms with van der Waals surface area (Å²) in [7, 11) is 0. The average molecular weight is 153 g/mol. The first-order valence-corrected chi connectivity index (χ1v) is 4.08. The first-order valence-electron chi connectivity index (χ1n) is 4.08. The van der Waals surface area contributed by atoms with Gasteiger partial charge in [-0.15, -0.1) is 0 Å². The summed E-state index contributed by atoms with van der Waals surface area (Å²) in [5, 5.41) is 6.94. The van der Waals surface area contributed by atoms with E-state index in [-0.39, 0.29) is 0 Å². The molecule has 11 heavy (non-hydrogen) atoms. The van der Waals surface area contributed by atoms with E-state index in [4.69, 9.17) is 5.41 Å². The summed E-state index contributed by atoms with van der Waals surface area (Å²) in [5.41, 5.74) is 2.16. The maximum Gasteiger partial charge on any atom is 0.0249 e. The van der Waals surface area contributed by atoms with Crippen molar-refractivity contribution in [2.24, 2.45) is 0 Å². The van der Waals surface area contributed by atoms with Crippen LogP contribution in [0.1, 0.15) is 34.1 Å². The summed E-state index contributed by atoms with van der Waals surface area (Å²) in [6, 6.07) is 0. The van der Waals surface area contributed by atoms with Crippen molar-refractivity contribution in [2.75, 3.05) is 0 Å². The van der Waals surface area contributed by atoms with Gasteiger partial charge in [0.25, 0.3) is 0 Å². The molecule has 0 radical (unpaired) electrons. The van der Waals surface area contributed by atoms with E-state index in [0.717, 1.165) is 12.0 Å². The molecule has 0 aromatic carbocycles. The lowest BCUT2D eigenvalue weighted by Gasteiger charge is -1.96. The van der Waals surface area contributed by atoms with Crippen LogP contribution in [-0.4, -0.2) is 6.21 Å². The van der Waals surface area contributed by atoms with Crippen LogP contribution in [0.2, 0.25) is 0 Å². The fraction of sp³-hybridized carbons (Fsp3) is 0.500.